The number of aldehydes is 1. The van der Waals surface area contributed by atoms with E-state index < -0.39 is 0 Å². The molecule has 0 saturated heterocycles. The monoisotopic (exact) mass is 214 g/mol. The quantitative estimate of drug-likeness (QED) is 0.680. The predicted octanol–water partition coefficient (Wildman–Crippen LogP) is 3.55. The summed E-state index contributed by atoms with van der Waals surface area (Å²) in [5.41, 5.74) is 0.913. The molecule has 0 unspecified atom stereocenters. The van der Waals surface area contributed by atoms with Crippen molar-refractivity contribution >= 4 is 40.5 Å². The average molecular weight is 215 g/mol. The minimum absolute atomic E-state index is 0.104. The fourth-order valence-corrected chi connectivity index (χ4v) is 1.57. The summed E-state index contributed by atoms with van der Waals surface area (Å²) in [6, 6.07) is 5.00. The third-order valence-electron chi connectivity index (χ3n) is 1.76. The molecule has 66 valence electrons. The van der Waals surface area contributed by atoms with E-state index in [4.69, 9.17) is 27.6 Å². The molecule has 13 heavy (non-hydrogen) atoms. The summed E-state index contributed by atoms with van der Waals surface area (Å²) >= 11 is 11.4. The van der Waals surface area contributed by atoms with E-state index in [0.29, 0.717) is 27.8 Å². The van der Waals surface area contributed by atoms with Gasteiger partial charge in [-0.05, 0) is 29.8 Å². The largest absolute Gasteiger partial charge is 0.444 e. The van der Waals surface area contributed by atoms with Gasteiger partial charge in [0.1, 0.15) is 5.58 Å². The van der Waals surface area contributed by atoms with Crippen LogP contribution >= 0.6 is 23.2 Å². The first-order valence-corrected chi connectivity index (χ1v) is 4.30. The Kier molecular flexibility index (Phi) is 2.02. The van der Waals surface area contributed by atoms with Gasteiger partial charge in [0.05, 0.1) is 5.56 Å². The molecule has 0 saturated carbocycles. The van der Waals surface area contributed by atoms with Crippen LogP contribution < -0.4 is 0 Å². The van der Waals surface area contributed by atoms with Crippen molar-refractivity contribution in [2.75, 3.05) is 0 Å². The first kappa shape index (κ1) is 8.60. The highest BCUT2D eigenvalue weighted by atomic mass is 35.5. The SMILES string of the molecule is O=Cc1c(Cl)oc2ccc(Cl)cc12. The molecule has 0 atom stereocenters. The Hall–Kier alpha value is -0.990. The van der Waals surface area contributed by atoms with Crippen molar-refractivity contribution in [2.45, 2.75) is 0 Å². The first-order chi connectivity index (χ1) is 6.22. The fourth-order valence-electron chi connectivity index (χ4n) is 1.17. The molecule has 0 spiro atoms. The Bertz CT molecular complexity index is 474. The predicted molar refractivity (Wildman–Crippen MR) is 51.6 cm³/mol. The van der Waals surface area contributed by atoms with Crippen molar-refractivity contribution in [1.82, 2.24) is 0 Å². The number of rotatable bonds is 1. The second-order valence-corrected chi connectivity index (χ2v) is 3.33. The first-order valence-electron chi connectivity index (χ1n) is 3.55. The summed E-state index contributed by atoms with van der Waals surface area (Å²) in [6.45, 7) is 0. The third-order valence-corrected chi connectivity index (χ3v) is 2.28. The van der Waals surface area contributed by atoms with E-state index in [9.17, 15) is 4.79 Å². The average Bonchev–Trinajstić information content (AvgIpc) is 2.40. The van der Waals surface area contributed by atoms with Crippen LogP contribution in [-0.4, -0.2) is 6.29 Å². The van der Waals surface area contributed by atoms with Crippen LogP contribution in [0.4, 0.5) is 0 Å². The van der Waals surface area contributed by atoms with Crippen LogP contribution in [0.15, 0.2) is 22.6 Å². The van der Waals surface area contributed by atoms with Gasteiger partial charge in [-0.25, -0.2) is 0 Å². The highest BCUT2D eigenvalue weighted by Crippen LogP contribution is 2.30. The summed E-state index contributed by atoms with van der Waals surface area (Å²) in [7, 11) is 0. The fraction of sp³-hybridized carbons (Fsp3) is 0. The number of carbonyl (C=O) groups excluding carboxylic acids is 1. The van der Waals surface area contributed by atoms with Crippen molar-refractivity contribution in [2.24, 2.45) is 0 Å². The number of carbonyl (C=O) groups is 1. The number of hydrogen-bond acceptors (Lipinski definition) is 2. The molecular weight excluding hydrogens is 211 g/mol. The summed E-state index contributed by atoms with van der Waals surface area (Å²) in [4.78, 5) is 10.6. The zero-order valence-electron chi connectivity index (χ0n) is 6.38. The van der Waals surface area contributed by atoms with Crippen LogP contribution in [-0.2, 0) is 0 Å². The van der Waals surface area contributed by atoms with E-state index in [0.717, 1.165) is 0 Å². The van der Waals surface area contributed by atoms with Gasteiger partial charge in [0.15, 0.2) is 6.29 Å². The summed E-state index contributed by atoms with van der Waals surface area (Å²) in [6.07, 6.45) is 0.657. The molecular formula is C9H4Cl2O2. The van der Waals surface area contributed by atoms with Gasteiger partial charge in [-0.15, -0.1) is 0 Å². The molecule has 0 fully saturated rings. The second-order valence-electron chi connectivity index (χ2n) is 2.55. The van der Waals surface area contributed by atoms with Crippen LogP contribution in [0, 0.1) is 0 Å². The van der Waals surface area contributed by atoms with Gasteiger partial charge in [0.25, 0.3) is 0 Å². The number of hydrogen-bond donors (Lipinski definition) is 0. The molecule has 1 heterocycles. The van der Waals surface area contributed by atoms with Crippen molar-refractivity contribution in [3.05, 3.63) is 34.0 Å². The number of halogens is 2. The lowest BCUT2D eigenvalue weighted by Crippen LogP contribution is -1.75. The van der Waals surface area contributed by atoms with Gasteiger partial charge >= 0.3 is 0 Å². The van der Waals surface area contributed by atoms with Crippen LogP contribution in [0.1, 0.15) is 10.4 Å². The van der Waals surface area contributed by atoms with Gasteiger partial charge in [-0.2, -0.15) is 0 Å². The topological polar surface area (TPSA) is 30.2 Å². The molecule has 0 N–H and O–H groups in total. The van der Waals surface area contributed by atoms with Crippen LogP contribution in [0.2, 0.25) is 10.2 Å². The Morgan fingerprint density at radius 3 is 2.77 bits per heavy atom. The smallest absolute Gasteiger partial charge is 0.205 e. The Morgan fingerprint density at radius 1 is 1.31 bits per heavy atom. The standard InChI is InChI=1S/C9H4Cl2O2/c10-5-1-2-8-6(3-5)7(4-12)9(11)13-8/h1-4H. The highest BCUT2D eigenvalue weighted by Gasteiger charge is 2.11. The molecule has 4 heteroatoms. The second kappa shape index (κ2) is 3.05. The maximum atomic E-state index is 10.6. The molecule has 2 nitrogen and oxygen atoms in total. The number of fused-ring (bicyclic) bond motifs is 1. The van der Waals surface area contributed by atoms with Crippen molar-refractivity contribution < 1.29 is 9.21 Å². The molecule has 1 aromatic carbocycles. The summed E-state index contributed by atoms with van der Waals surface area (Å²) in [5, 5.41) is 1.30. The summed E-state index contributed by atoms with van der Waals surface area (Å²) < 4.78 is 5.12. The maximum absolute atomic E-state index is 10.6. The number of furan rings is 1. The molecule has 2 aromatic rings. The van der Waals surface area contributed by atoms with E-state index in [2.05, 4.69) is 0 Å². The normalized spacial score (nSPS) is 10.6. The molecule has 0 aliphatic rings. The maximum Gasteiger partial charge on any atom is 0.205 e. The third kappa shape index (κ3) is 1.32. The molecule has 1 aromatic heterocycles. The van der Waals surface area contributed by atoms with Gasteiger partial charge in [0.2, 0.25) is 5.22 Å². The van der Waals surface area contributed by atoms with Crippen molar-refractivity contribution in [1.29, 1.82) is 0 Å². The van der Waals surface area contributed by atoms with Crippen molar-refractivity contribution in [3.63, 3.8) is 0 Å². The summed E-state index contributed by atoms with van der Waals surface area (Å²) in [5.74, 6) is 0. The van der Waals surface area contributed by atoms with Gasteiger partial charge < -0.3 is 4.42 Å². The number of benzene rings is 1. The lowest BCUT2D eigenvalue weighted by Gasteiger charge is -1.89. The van der Waals surface area contributed by atoms with Crippen LogP contribution in [0.3, 0.4) is 0 Å². The molecule has 2 rings (SSSR count). The molecule has 0 amide bonds. The zero-order chi connectivity index (χ0) is 9.42. The zero-order valence-corrected chi connectivity index (χ0v) is 7.89. The molecule has 0 aliphatic heterocycles. The van der Waals surface area contributed by atoms with Crippen molar-refractivity contribution in [3.8, 4) is 0 Å². The van der Waals surface area contributed by atoms with E-state index in [1.54, 1.807) is 18.2 Å². The van der Waals surface area contributed by atoms with E-state index >= 15 is 0 Å². The highest BCUT2D eigenvalue weighted by molar-refractivity contribution is 6.34. The van der Waals surface area contributed by atoms with E-state index in [1.807, 2.05) is 0 Å². The van der Waals surface area contributed by atoms with Gasteiger partial charge in [-0.1, -0.05) is 11.6 Å². The Morgan fingerprint density at radius 2 is 2.08 bits per heavy atom. The van der Waals surface area contributed by atoms with Gasteiger partial charge in [-0.3, -0.25) is 4.79 Å². The van der Waals surface area contributed by atoms with Crippen LogP contribution in [0.25, 0.3) is 11.0 Å². The van der Waals surface area contributed by atoms with E-state index in [-0.39, 0.29) is 5.22 Å². The molecule has 0 aliphatic carbocycles. The lowest BCUT2D eigenvalue weighted by atomic mass is 10.2. The minimum atomic E-state index is 0.104. The van der Waals surface area contributed by atoms with Gasteiger partial charge in [0, 0.05) is 10.4 Å². The molecule has 0 bridgehead atoms. The van der Waals surface area contributed by atoms with E-state index in [1.165, 1.54) is 0 Å². The molecule has 0 radical (unpaired) electrons. The minimum Gasteiger partial charge on any atom is -0.444 e. The lowest BCUT2D eigenvalue weighted by molar-refractivity contribution is 0.112. The Balaban J connectivity index is 2.88. The van der Waals surface area contributed by atoms with Crippen LogP contribution in [0.5, 0.6) is 0 Å². The Labute approximate surface area is 84.0 Å².